The average molecular weight is 687 g/mol. The average Bonchev–Trinajstić information content (AvgIpc) is 3.59. The molecule has 10 aromatic rings. The van der Waals surface area contributed by atoms with Gasteiger partial charge in [-0.15, -0.1) is 0 Å². The van der Waals surface area contributed by atoms with Gasteiger partial charge in [-0.05, 0) is 133 Å². The normalized spacial score (nSPS) is 15.0. The zero-order valence-electron chi connectivity index (χ0n) is 31.0. The first kappa shape index (κ1) is 30.2. The Balaban J connectivity index is 1.15. The summed E-state index contributed by atoms with van der Waals surface area (Å²) >= 11 is 0. The minimum atomic E-state index is -0.0668. The Labute approximate surface area is 315 Å². The van der Waals surface area contributed by atoms with Crippen LogP contribution in [-0.4, -0.2) is 0 Å². The lowest BCUT2D eigenvalue weighted by Gasteiger charge is -2.24. The minimum absolute atomic E-state index is 0.0668. The monoisotopic (exact) mass is 686 g/mol. The van der Waals surface area contributed by atoms with Gasteiger partial charge in [-0.1, -0.05) is 173 Å². The fourth-order valence-electron chi connectivity index (χ4n) is 11.0. The van der Waals surface area contributed by atoms with E-state index in [0.717, 1.165) is 0 Å². The van der Waals surface area contributed by atoms with Gasteiger partial charge < -0.3 is 0 Å². The molecular formula is C54H38. The van der Waals surface area contributed by atoms with Gasteiger partial charge in [0.1, 0.15) is 0 Å². The number of benzene rings is 10. The molecule has 0 nitrogen and oxygen atoms in total. The van der Waals surface area contributed by atoms with E-state index < -0.39 is 0 Å². The van der Waals surface area contributed by atoms with Crippen LogP contribution in [0.2, 0.25) is 0 Å². The van der Waals surface area contributed by atoms with Crippen molar-refractivity contribution < 1.29 is 0 Å². The van der Waals surface area contributed by atoms with E-state index >= 15 is 0 Å². The summed E-state index contributed by atoms with van der Waals surface area (Å²) in [5, 5.41) is 13.3. The maximum absolute atomic E-state index is 2.50. The molecule has 12 rings (SSSR count). The summed E-state index contributed by atoms with van der Waals surface area (Å²) in [6, 6.07) is 60.1. The molecule has 0 aliphatic heterocycles. The Bertz CT molecular complexity index is 3040. The molecule has 0 saturated carbocycles. The molecule has 0 aromatic heterocycles. The molecule has 10 aromatic carbocycles. The van der Waals surface area contributed by atoms with Crippen molar-refractivity contribution in [2.24, 2.45) is 0 Å². The molecule has 0 saturated heterocycles. The Hall–Kier alpha value is -6.24. The lowest BCUT2D eigenvalue weighted by Crippen LogP contribution is -2.15. The topological polar surface area (TPSA) is 0 Å². The van der Waals surface area contributed by atoms with Crippen LogP contribution in [0.1, 0.15) is 49.9 Å². The van der Waals surface area contributed by atoms with Crippen molar-refractivity contribution in [3.63, 3.8) is 0 Å². The van der Waals surface area contributed by atoms with E-state index in [4.69, 9.17) is 0 Å². The molecule has 54 heavy (non-hydrogen) atoms. The van der Waals surface area contributed by atoms with Crippen molar-refractivity contribution in [3.8, 4) is 44.5 Å². The molecule has 0 amide bonds. The smallest absolute Gasteiger partial charge is 0.0165 e. The van der Waals surface area contributed by atoms with E-state index in [-0.39, 0.29) is 10.8 Å². The summed E-state index contributed by atoms with van der Waals surface area (Å²) in [7, 11) is 0. The molecule has 0 unspecified atom stereocenters. The molecule has 0 radical (unpaired) electrons. The van der Waals surface area contributed by atoms with Gasteiger partial charge in [0.25, 0.3) is 0 Å². The van der Waals surface area contributed by atoms with Crippen LogP contribution in [-0.2, 0) is 10.8 Å². The third kappa shape index (κ3) is 3.68. The van der Waals surface area contributed by atoms with Crippen LogP contribution in [0.5, 0.6) is 0 Å². The van der Waals surface area contributed by atoms with Gasteiger partial charge in [-0.3, -0.25) is 0 Å². The fraction of sp³-hybridized carbons (Fsp3) is 0.111. The van der Waals surface area contributed by atoms with Gasteiger partial charge in [0.05, 0.1) is 0 Å². The SMILES string of the molecule is CC1(C)c2ccccc2-c2cc(-c3ccc4ccc5c(-c6cc7c(c8ccccc68)C(C)(C)c6ccccc6-7)ccc6ccc3c4c65)c3ccccc3c21. The van der Waals surface area contributed by atoms with Gasteiger partial charge in [-0.2, -0.15) is 0 Å². The highest BCUT2D eigenvalue weighted by molar-refractivity contribution is 6.29. The van der Waals surface area contributed by atoms with Crippen molar-refractivity contribution in [2.75, 3.05) is 0 Å². The predicted octanol–water partition coefficient (Wildman–Crippen LogP) is 14.8. The van der Waals surface area contributed by atoms with Gasteiger partial charge in [0, 0.05) is 10.8 Å². The van der Waals surface area contributed by atoms with Crippen LogP contribution in [0.25, 0.3) is 98.4 Å². The molecular weight excluding hydrogens is 649 g/mol. The summed E-state index contributed by atoms with van der Waals surface area (Å²) in [5.74, 6) is 0. The second-order valence-corrected chi connectivity index (χ2v) is 16.8. The summed E-state index contributed by atoms with van der Waals surface area (Å²) in [6.45, 7) is 9.56. The van der Waals surface area contributed by atoms with Crippen LogP contribution < -0.4 is 0 Å². The molecule has 0 heteroatoms. The number of rotatable bonds is 2. The predicted molar refractivity (Wildman–Crippen MR) is 231 cm³/mol. The number of hydrogen-bond donors (Lipinski definition) is 0. The molecule has 2 aliphatic rings. The van der Waals surface area contributed by atoms with Crippen molar-refractivity contribution in [1.82, 2.24) is 0 Å². The Kier molecular flexibility index (Phi) is 5.74. The van der Waals surface area contributed by atoms with Crippen molar-refractivity contribution >= 4 is 53.9 Å². The van der Waals surface area contributed by atoms with Crippen LogP contribution in [0, 0.1) is 0 Å². The van der Waals surface area contributed by atoms with E-state index in [9.17, 15) is 0 Å². The summed E-state index contributed by atoms with van der Waals surface area (Å²) in [5.41, 5.74) is 16.2. The van der Waals surface area contributed by atoms with E-state index in [2.05, 4.69) is 185 Å². The molecule has 0 spiro atoms. The van der Waals surface area contributed by atoms with Crippen LogP contribution in [0.15, 0.2) is 158 Å². The molecule has 2 aliphatic carbocycles. The minimum Gasteiger partial charge on any atom is -0.0619 e. The Morgan fingerprint density at radius 2 is 0.648 bits per heavy atom. The second-order valence-electron chi connectivity index (χ2n) is 16.8. The van der Waals surface area contributed by atoms with Gasteiger partial charge in [-0.25, -0.2) is 0 Å². The van der Waals surface area contributed by atoms with Crippen molar-refractivity contribution in [3.05, 3.63) is 180 Å². The van der Waals surface area contributed by atoms with Crippen molar-refractivity contribution in [2.45, 2.75) is 38.5 Å². The maximum atomic E-state index is 2.50. The largest absolute Gasteiger partial charge is 0.0619 e. The molecule has 0 N–H and O–H groups in total. The summed E-state index contributed by atoms with van der Waals surface area (Å²) < 4.78 is 0. The van der Waals surface area contributed by atoms with Crippen molar-refractivity contribution in [1.29, 1.82) is 0 Å². The Morgan fingerprint density at radius 3 is 1.09 bits per heavy atom. The van der Waals surface area contributed by atoms with Gasteiger partial charge in [0.2, 0.25) is 0 Å². The fourth-order valence-corrected chi connectivity index (χ4v) is 11.0. The number of fused-ring (bicyclic) bond motifs is 10. The zero-order chi connectivity index (χ0) is 36.1. The first-order valence-corrected chi connectivity index (χ1v) is 19.4. The lowest BCUT2D eigenvalue weighted by atomic mass is 9.78. The molecule has 0 fully saturated rings. The van der Waals surface area contributed by atoms with Crippen LogP contribution in [0.4, 0.5) is 0 Å². The van der Waals surface area contributed by atoms with E-state index in [1.54, 1.807) is 0 Å². The van der Waals surface area contributed by atoms with E-state index in [1.807, 2.05) is 0 Å². The van der Waals surface area contributed by atoms with Gasteiger partial charge in [0.15, 0.2) is 0 Å². The quantitative estimate of drug-likeness (QED) is 0.159. The highest BCUT2D eigenvalue weighted by atomic mass is 14.4. The third-order valence-corrected chi connectivity index (χ3v) is 13.4. The maximum Gasteiger partial charge on any atom is 0.0165 e. The molecule has 0 bridgehead atoms. The first-order chi connectivity index (χ1) is 26.3. The zero-order valence-corrected chi connectivity index (χ0v) is 31.0. The van der Waals surface area contributed by atoms with Crippen LogP contribution >= 0.6 is 0 Å². The first-order valence-electron chi connectivity index (χ1n) is 19.4. The third-order valence-electron chi connectivity index (χ3n) is 13.4. The van der Waals surface area contributed by atoms with Crippen LogP contribution in [0.3, 0.4) is 0 Å². The lowest BCUT2D eigenvalue weighted by molar-refractivity contribution is 0.666. The Morgan fingerprint density at radius 1 is 0.278 bits per heavy atom. The molecule has 0 atom stereocenters. The highest BCUT2D eigenvalue weighted by Gasteiger charge is 2.39. The van der Waals surface area contributed by atoms with E-state index in [0.29, 0.717) is 0 Å². The van der Waals surface area contributed by atoms with E-state index in [1.165, 1.54) is 121 Å². The highest BCUT2D eigenvalue weighted by Crippen LogP contribution is 2.56. The second kappa shape index (κ2) is 10.2. The number of hydrogen-bond acceptors (Lipinski definition) is 0. The van der Waals surface area contributed by atoms with Gasteiger partial charge >= 0.3 is 0 Å². The molecule has 254 valence electrons. The molecule has 0 heterocycles. The summed E-state index contributed by atoms with van der Waals surface area (Å²) in [6.07, 6.45) is 0. The standard InChI is InChI=1S/C54H38/c1-53(2)47-19-11-9-15-37(47)45-29-43(33-13-5-7-17-41(33)51(45)53)35-25-21-31-24-28-40-36(26-22-32-23-27-39(35)49(31)50(32)40)44-30-46-38-16-10-12-20-48(38)54(3,4)52(46)42-18-8-6-14-34(42)44/h5-30H,1-4H3. The summed E-state index contributed by atoms with van der Waals surface area (Å²) in [4.78, 5) is 0.